The second kappa shape index (κ2) is 9.04. The number of nitrogens with zero attached hydrogens (tertiary/aromatic N) is 3. The van der Waals surface area contributed by atoms with E-state index >= 15 is 0 Å². The van der Waals surface area contributed by atoms with Gasteiger partial charge in [-0.3, -0.25) is 14.7 Å². The summed E-state index contributed by atoms with van der Waals surface area (Å²) in [5, 5.41) is 6.60. The highest BCUT2D eigenvalue weighted by Crippen LogP contribution is 2.26. The number of hydrogen-bond donors (Lipinski definition) is 1. The predicted molar refractivity (Wildman–Crippen MR) is 118 cm³/mol. The van der Waals surface area contributed by atoms with E-state index in [2.05, 4.69) is 16.3 Å². The summed E-state index contributed by atoms with van der Waals surface area (Å²) in [6.07, 6.45) is 2.12. The minimum atomic E-state index is -0.306. The van der Waals surface area contributed by atoms with Gasteiger partial charge in [0.1, 0.15) is 11.4 Å². The summed E-state index contributed by atoms with van der Waals surface area (Å²) in [7, 11) is 3.45. The molecule has 2 aromatic carbocycles. The Balaban J connectivity index is 1.56. The van der Waals surface area contributed by atoms with Crippen LogP contribution in [0, 0.1) is 5.92 Å². The molecule has 0 aliphatic carbocycles. The Kier molecular flexibility index (Phi) is 6.02. The van der Waals surface area contributed by atoms with Crippen molar-refractivity contribution in [2.45, 2.75) is 6.42 Å². The van der Waals surface area contributed by atoms with Crippen LogP contribution in [0.1, 0.15) is 16.1 Å². The average molecular weight is 418 g/mol. The summed E-state index contributed by atoms with van der Waals surface area (Å²) in [6, 6.07) is 17.8. The molecular weight excluding hydrogens is 392 g/mol. The van der Waals surface area contributed by atoms with Gasteiger partial charge < -0.3 is 14.5 Å². The molecule has 2 amide bonds. The lowest BCUT2D eigenvalue weighted by atomic mass is 9.94. The Morgan fingerprint density at radius 2 is 1.90 bits per heavy atom. The first-order valence-electron chi connectivity index (χ1n) is 10.3. The largest absolute Gasteiger partial charge is 0.497 e. The van der Waals surface area contributed by atoms with Gasteiger partial charge in [-0.05, 0) is 41.3 Å². The van der Waals surface area contributed by atoms with E-state index in [0.717, 1.165) is 22.4 Å². The van der Waals surface area contributed by atoms with Crippen molar-refractivity contribution < 1.29 is 14.3 Å². The Labute approximate surface area is 181 Å². The summed E-state index contributed by atoms with van der Waals surface area (Å²) in [4.78, 5) is 29.3. The van der Waals surface area contributed by atoms with Gasteiger partial charge in [-0.2, -0.15) is 5.10 Å². The van der Waals surface area contributed by atoms with Gasteiger partial charge in [-0.25, -0.2) is 0 Å². The topological polar surface area (TPSA) is 78.5 Å². The highest BCUT2D eigenvalue weighted by atomic mass is 16.5. The number of aromatic amines is 1. The van der Waals surface area contributed by atoms with Crippen LogP contribution in [0.3, 0.4) is 0 Å². The molecule has 4 rings (SSSR count). The quantitative estimate of drug-likeness (QED) is 0.691. The molecule has 1 atom stereocenters. The highest BCUT2D eigenvalue weighted by molar-refractivity contribution is 5.93. The van der Waals surface area contributed by atoms with Gasteiger partial charge in [0.15, 0.2) is 0 Å². The molecule has 160 valence electrons. The van der Waals surface area contributed by atoms with Crippen molar-refractivity contribution in [2.75, 3.05) is 33.8 Å². The van der Waals surface area contributed by atoms with Crippen LogP contribution in [0.5, 0.6) is 5.75 Å². The molecular formula is C24H26N4O3. The highest BCUT2D eigenvalue weighted by Gasteiger charge is 2.31. The van der Waals surface area contributed by atoms with Gasteiger partial charge in [-0.1, -0.05) is 36.4 Å². The third kappa shape index (κ3) is 4.60. The molecule has 1 saturated heterocycles. The van der Waals surface area contributed by atoms with Crippen LogP contribution in [0.15, 0.2) is 60.8 Å². The molecule has 31 heavy (non-hydrogen) atoms. The van der Waals surface area contributed by atoms with Gasteiger partial charge in [0.25, 0.3) is 5.91 Å². The van der Waals surface area contributed by atoms with E-state index in [0.29, 0.717) is 31.7 Å². The summed E-state index contributed by atoms with van der Waals surface area (Å²) >= 11 is 0. The van der Waals surface area contributed by atoms with E-state index in [-0.39, 0.29) is 17.7 Å². The second-order valence-electron chi connectivity index (χ2n) is 7.81. The van der Waals surface area contributed by atoms with Gasteiger partial charge in [0.05, 0.1) is 13.0 Å². The number of likely N-dealkylation sites (N-methyl/N-ethyl adjacent to an activating group) is 1. The number of ether oxygens (including phenoxy) is 1. The lowest BCUT2D eigenvalue weighted by Gasteiger charge is -2.23. The minimum Gasteiger partial charge on any atom is -0.497 e. The number of hydrogen-bond acceptors (Lipinski definition) is 4. The fraction of sp³-hybridized carbons (Fsp3) is 0.292. The maximum absolute atomic E-state index is 13.0. The molecule has 1 aliphatic rings. The summed E-state index contributed by atoms with van der Waals surface area (Å²) in [6.45, 7) is 1.39. The molecule has 1 aliphatic heterocycles. The number of aromatic nitrogens is 2. The zero-order valence-electron chi connectivity index (χ0n) is 17.7. The number of carbonyl (C=O) groups excluding carboxylic acids is 2. The Bertz CT molecular complexity index is 1060. The van der Waals surface area contributed by atoms with Crippen LogP contribution in [-0.2, 0) is 11.2 Å². The lowest BCUT2D eigenvalue weighted by Crippen LogP contribution is -2.37. The van der Waals surface area contributed by atoms with Crippen LogP contribution in [0.25, 0.3) is 11.1 Å². The zero-order valence-corrected chi connectivity index (χ0v) is 17.7. The van der Waals surface area contributed by atoms with Crippen molar-refractivity contribution in [1.82, 2.24) is 20.0 Å². The minimum absolute atomic E-state index is 0.0618. The third-order valence-electron chi connectivity index (χ3n) is 5.70. The maximum atomic E-state index is 13.0. The zero-order chi connectivity index (χ0) is 21.8. The van der Waals surface area contributed by atoms with Crippen LogP contribution in [0.2, 0.25) is 0 Å². The van der Waals surface area contributed by atoms with Gasteiger partial charge in [0, 0.05) is 32.9 Å². The summed E-state index contributed by atoms with van der Waals surface area (Å²) < 4.78 is 5.34. The van der Waals surface area contributed by atoms with Crippen LogP contribution in [0.4, 0.5) is 0 Å². The van der Waals surface area contributed by atoms with E-state index in [4.69, 9.17) is 4.74 Å². The molecule has 0 saturated carbocycles. The smallest absolute Gasteiger partial charge is 0.271 e. The number of amides is 2. The number of H-pyrrole nitrogens is 1. The Hall–Kier alpha value is -3.61. The first-order chi connectivity index (χ1) is 15.0. The molecule has 2 heterocycles. The molecule has 3 aromatic rings. The molecule has 7 nitrogen and oxygen atoms in total. The molecule has 7 heteroatoms. The third-order valence-corrected chi connectivity index (χ3v) is 5.70. The number of carbonyl (C=O) groups is 2. The van der Waals surface area contributed by atoms with Gasteiger partial charge in [-0.15, -0.1) is 0 Å². The summed E-state index contributed by atoms with van der Waals surface area (Å²) in [5.41, 5.74) is 3.62. The van der Waals surface area contributed by atoms with Crippen LogP contribution in [-0.4, -0.2) is 65.6 Å². The maximum Gasteiger partial charge on any atom is 0.271 e. The number of benzene rings is 2. The van der Waals surface area contributed by atoms with E-state index in [1.165, 1.54) is 0 Å². The number of rotatable bonds is 5. The Morgan fingerprint density at radius 3 is 2.65 bits per heavy atom. The van der Waals surface area contributed by atoms with Crippen molar-refractivity contribution in [2.24, 2.45) is 5.92 Å². The molecule has 1 aromatic heterocycles. The van der Waals surface area contributed by atoms with E-state index < -0.39 is 0 Å². The normalized spacial score (nSPS) is 16.8. The molecule has 0 bridgehead atoms. The summed E-state index contributed by atoms with van der Waals surface area (Å²) in [5.74, 6) is 0.429. The van der Waals surface area contributed by atoms with Crippen molar-refractivity contribution in [3.8, 4) is 16.9 Å². The Morgan fingerprint density at radius 1 is 1.13 bits per heavy atom. The van der Waals surface area contributed by atoms with Gasteiger partial charge >= 0.3 is 0 Å². The number of methoxy groups -OCH3 is 1. The monoisotopic (exact) mass is 418 g/mol. The molecule has 0 spiro atoms. The van der Waals surface area contributed by atoms with Crippen LogP contribution < -0.4 is 4.74 Å². The number of nitrogens with one attached hydrogen (secondary N) is 1. The van der Waals surface area contributed by atoms with E-state index in [9.17, 15) is 9.59 Å². The SMILES string of the molecule is COc1cccc(-c2cccc(CC3CN(C(=O)c4ccn[nH]4)CCN(C)C3=O)c2)c1. The van der Waals surface area contributed by atoms with Crippen LogP contribution >= 0.6 is 0 Å². The molecule has 0 radical (unpaired) electrons. The van der Waals surface area contributed by atoms with Crippen molar-refractivity contribution in [3.05, 3.63) is 72.1 Å². The molecule has 1 unspecified atom stereocenters. The fourth-order valence-corrected chi connectivity index (χ4v) is 3.97. The fourth-order valence-electron chi connectivity index (χ4n) is 3.97. The standard InChI is InChI=1S/C24H26N4O3/c1-27-11-12-28(24(30)22-9-10-25-26-22)16-20(23(27)29)14-17-5-3-6-18(13-17)19-7-4-8-21(15-19)31-2/h3-10,13,15,20H,11-12,14,16H2,1-2H3,(H,25,26). The average Bonchev–Trinajstić information content (AvgIpc) is 3.31. The second-order valence-corrected chi connectivity index (χ2v) is 7.81. The van der Waals surface area contributed by atoms with E-state index in [1.54, 1.807) is 36.2 Å². The first kappa shape index (κ1) is 20.7. The van der Waals surface area contributed by atoms with Crippen molar-refractivity contribution in [3.63, 3.8) is 0 Å². The molecule has 1 fully saturated rings. The van der Waals surface area contributed by atoms with E-state index in [1.807, 2.05) is 42.5 Å². The van der Waals surface area contributed by atoms with Crippen molar-refractivity contribution in [1.29, 1.82) is 0 Å². The van der Waals surface area contributed by atoms with Gasteiger partial charge in [0.2, 0.25) is 5.91 Å². The molecule has 1 N–H and O–H groups in total. The predicted octanol–water partition coefficient (Wildman–Crippen LogP) is 2.86. The van der Waals surface area contributed by atoms with Crippen molar-refractivity contribution >= 4 is 11.8 Å². The first-order valence-corrected chi connectivity index (χ1v) is 10.3. The lowest BCUT2D eigenvalue weighted by molar-refractivity contribution is -0.133.